The highest BCUT2D eigenvalue weighted by molar-refractivity contribution is 6.33. The Balaban J connectivity index is 2.27. The monoisotopic (exact) mass is 418 g/mol. The number of amides is 2. The third kappa shape index (κ3) is 5.87. The van der Waals surface area contributed by atoms with Crippen LogP contribution in [0.1, 0.15) is 10.4 Å². The van der Waals surface area contributed by atoms with Crippen molar-refractivity contribution >= 4 is 46.7 Å². The Hall–Kier alpha value is -3.28. The van der Waals surface area contributed by atoms with Crippen molar-refractivity contribution in [3.8, 4) is 0 Å². The number of nitrogens with one attached hydrogen (secondary N) is 3. The van der Waals surface area contributed by atoms with E-state index in [1.165, 1.54) is 25.3 Å². The van der Waals surface area contributed by atoms with Gasteiger partial charge in [0.05, 0.1) is 23.4 Å². The molecule has 1 heterocycles. The van der Waals surface area contributed by atoms with Gasteiger partial charge in [-0.2, -0.15) is 18.2 Å². The second-order valence-electron chi connectivity index (χ2n) is 5.23. The number of nitrogens with two attached hydrogens (primary N) is 1. The van der Waals surface area contributed by atoms with E-state index in [0.29, 0.717) is 5.69 Å². The minimum absolute atomic E-state index is 0.124. The second-order valence-corrected chi connectivity index (χ2v) is 5.63. The minimum Gasteiger partial charge on any atom is -0.453 e. The average Bonchev–Trinajstić information content (AvgIpc) is 2.62. The predicted octanol–water partition coefficient (Wildman–Crippen LogP) is 3.12. The van der Waals surface area contributed by atoms with Crippen LogP contribution in [0.25, 0.3) is 0 Å². The van der Waals surface area contributed by atoms with Crippen LogP contribution in [-0.2, 0) is 4.74 Å². The first-order valence-corrected chi connectivity index (χ1v) is 7.86. The van der Waals surface area contributed by atoms with Gasteiger partial charge >= 0.3 is 12.3 Å². The topological polar surface area (TPSA) is 131 Å². The molecule has 0 spiro atoms. The fraction of sp³-hybridized carbons (Fsp3) is 0.200. The Morgan fingerprint density at radius 1 is 1.32 bits per heavy atom. The highest BCUT2D eigenvalue weighted by Crippen LogP contribution is 2.27. The summed E-state index contributed by atoms with van der Waals surface area (Å²) in [7, 11) is 1.18. The number of rotatable bonds is 6. The smallest absolute Gasteiger partial charge is 0.411 e. The van der Waals surface area contributed by atoms with Crippen LogP contribution in [0.3, 0.4) is 0 Å². The van der Waals surface area contributed by atoms with Gasteiger partial charge in [-0.25, -0.2) is 9.78 Å². The van der Waals surface area contributed by atoms with Gasteiger partial charge in [-0.3, -0.25) is 10.1 Å². The van der Waals surface area contributed by atoms with E-state index in [-0.39, 0.29) is 28.0 Å². The molecule has 0 bridgehead atoms. The number of carbonyl (C=O) groups is 2. The van der Waals surface area contributed by atoms with Crippen LogP contribution in [-0.4, -0.2) is 41.8 Å². The van der Waals surface area contributed by atoms with E-state index >= 15 is 0 Å². The van der Waals surface area contributed by atoms with Gasteiger partial charge in [0.1, 0.15) is 12.4 Å². The zero-order valence-corrected chi connectivity index (χ0v) is 15.0. The second kappa shape index (κ2) is 8.61. The summed E-state index contributed by atoms with van der Waals surface area (Å²) in [6.45, 7) is -1.42. The van der Waals surface area contributed by atoms with Crippen LogP contribution in [0, 0.1) is 0 Å². The van der Waals surface area contributed by atoms with Gasteiger partial charge in [-0.05, 0) is 18.2 Å². The third-order valence-corrected chi connectivity index (χ3v) is 3.48. The molecule has 0 radical (unpaired) electrons. The lowest BCUT2D eigenvalue weighted by atomic mass is 10.2. The van der Waals surface area contributed by atoms with Gasteiger partial charge in [-0.15, -0.1) is 0 Å². The number of carbonyl (C=O) groups excluding carboxylic acids is 2. The number of anilines is 4. The molecule has 0 fully saturated rings. The van der Waals surface area contributed by atoms with Gasteiger partial charge in [0.25, 0.3) is 5.91 Å². The summed E-state index contributed by atoms with van der Waals surface area (Å²) in [6, 6.07) is 4.39. The molecule has 1 aromatic heterocycles. The first-order chi connectivity index (χ1) is 13.1. The number of methoxy groups -OCH3 is 1. The number of benzene rings is 1. The van der Waals surface area contributed by atoms with Crippen molar-refractivity contribution in [2.45, 2.75) is 6.18 Å². The predicted molar refractivity (Wildman–Crippen MR) is 95.9 cm³/mol. The molecule has 0 atom stereocenters. The Kier molecular flexibility index (Phi) is 6.46. The number of ether oxygens (including phenoxy) is 1. The van der Waals surface area contributed by atoms with E-state index in [2.05, 4.69) is 25.3 Å². The zero-order chi connectivity index (χ0) is 20.9. The highest BCUT2D eigenvalue weighted by atomic mass is 35.5. The van der Waals surface area contributed by atoms with E-state index in [9.17, 15) is 22.8 Å². The number of hydrogen-bond donors (Lipinski definition) is 4. The van der Waals surface area contributed by atoms with E-state index in [1.54, 1.807) is 0 Å². The van der Waals surface area contributed by atoms with Crippen molar-refractivity contribution in [1.29, 1.82) is 0 Å². The quantitative estimate of drug-likeness (QED) is 0.566. The maximum atomic E-state index is 12.4. The van der Waals surface area contributed by atoms with Crippen molar-refractivity contribution < 1.29 is 27.5 Å². The molecule has 2 amide bonds. The largest absolute Gasteiger partial charge is 0.453 e. The number of halogens is 4. The molecular weight excluding hydrogens is 405 g/mol. The standard InChI is InChI=1S/C15H14ClF3N6O3/c1-28-14(27)24-10-4-7(2-3-9(10)16)23-13-21-5-8(11(20)26)12(25-13)22-6-15(17,18)19/h2-5H,6H2,1H3,(H2,20,26)(H,24,27)(H2,21,22,23,25). The molecule has 5 N–H and O–H groups in total. The Labute approximate surface area is 161 Å². The lowest BCUT2D eigenvalue weighted by Crippen LogP contribution is -2.24. The Morgan fingerprint density at radius 3 is 2.64 bits per heavy atom. The van der Waals surface area contributed by atoms with Gasteiger partial charge in [0, 0.05) is 11.9 Å². The van der Waals surface area contributed by atoms with Crippen LogP contribution in [0.4, 0.5) is 41.1 Å². The molecule has 150 valence electrons. The molecule has 2 aromatic rings. The van der Waals surface area contributed by atoms with Crippen molar-refractivity contribution in [2.24, 2.45) is 5.73 Å². The average molecular weight is 419 g/mol. The first-order valence-electron chi connectivity index (χ1n) is 7.48. The lowest BCUT2D eigenvalue weighted by Gasteiger charge is -2.13. The maximum Gasteiger partial charge on any atom is 0.411 e. The molecule has 13 heteroatoms. The number of alkyl halides is 3. The minimum atomic E-state index is -4.53. The summed E-state index contributed by atoms with van der Waals surface area (Å²) in [6.07, 6.45) is -4.29. The Bertz CT molecular complexity index is 894. The molecule has 9 nitrogen and oxygen atoms in total. The summed E-state index contributed by atoms with van der Waals surface area (Å²) in [4.78, 5) is 30.4. The van der Waals surface area contributed by atoms with Crippen molar-refractivity contribution in [2.75, 3.05) is 29.6 Å². The maximum absolute atomic E-state index is 12.4. The molecule has 0 saturated carbocycles. The molecule has 0 unspecified atom stereocenters. The molecule has 0 aliphatic carbocycles. The van der Waals surface area contributed by atoms with Crippen LogP contribution < -0.4 is 21.7 Å². The van der Waals surface area contributed by atoms with Crippen LogP contribution in [0.15, 0.2) is 24.4 Å². The van der Waals surface area contributed by atoms with Crippen LogP contribution in [0.5, 0.6) is 0 Å². The van der Waals surface area contributed by atoms with Crippen molar-refractivity contribution in [3.05, 3.63) is 35.0 Å². The first kappa shape index (κ1) is 21.0. The van der Waals surface area contributed by atoms with Gasteiger partial charge in [0.15, 0.2) is 0 Å². The van der Waals surface area contributed by atoms with E-state index in [1.807, 2.05) is 5.32 Å². The third-order valence-electron chi connectivity index (χ3n) is 3.16. The normalized spacial score (nSPS) is 10.9. The number of aromatic nitrogens is 2. The fourth-order valence-electron chi connectivity index (χ4n) is 1.93. The van der Waals surface area contributed by atoms with Crippen LogP contribution in [0.2, 0.25) is 5.02 Å². The highest BCUT2D eigenvalue weighted by Gasteiger charge is 2.28. The summed E-state index contributed by atoms with van der Waals surface area (Å²) in [5.74, 6) is -1.50. The number of nitrogens with zero attached hydrogens (tertiary/aromatic N) is 2. The lowest BCUT2D eigenvalue weighted by molar-refractivity contribution is -0.115. The van der Waals surface area contributed by atoms with E-state index in [4.69, 9.17) is 17.3 Å². The summed E-state index contributed by atoms with van der Waals surface area (Å²) < 4.78 is 41.8. The van der Waals surface area contributed by atoms with E-state index in [0.717, 1.165) is 6.20 Å². The number of primary amides is 1. The fourth-order valence-corrected chi connectivity index (χ4v) is 2.09. The van der Waals surface area contributed by atoms with E-state index < -0.39 is 24.7 Å². The molecule has 2 rings (SSSR count). The number of hydrogen-bond acceptors (Lipinski definition) is 7. The van der Waals surface area contributed by atoms with Gasteiger partial charge in [0.2, 0.25) is 5.95 Å². The zero-order valence-electron chi connectivity index (χ0n) is 14.2. The Morgan fingerprint density at radius 2 is 2.04 bits per heavy atom. The van der Waals surface area contributed by atoms with Crippen LogP contribution >= 0.6 is 11.6 Å². The molecule has 28 heavy (non-hydrogen) atoms. The van der Waals surface area contributed by atoms with Crippen molar-refractivity contribution in [3.63, 3.8) is 0 Å². The summed E-state index contributed by atoms with van der Waals surface area (Å²) >= 11 is 5.97. The van der Waals surface area contributed by atoms with Gasteiger partial charge in [-0.1, -0.05) is 11.6 Å². The van der Waals surface area contributed by atoms with Gasteiger partial charge < -0.3 is 21.1 Å². The molecule has 0 aliphatic heterocycles. The molecule has 1 aromatic carbocycles. The molecule has 0 saturated heterocycles. The SMILES string of the molecule is COC(=O)Nc1cc(Nc2ncc(C(N)=O)c(NCC(F)(F)F)n2)ccc1Cl. The molecular formula is C15H14ClF3N6O3. The molecule has 0 aliphatic rings. The summed E-state index contributed by atoms with van der Waals surface area (Å²) in [5.41, 5.74) is 5.38. The summed E-state index contributed by atoms with van der Waals surface area (Å²) in [5, 5.41) is 7.33. The van der Waals surface area contributed by atoms with Crippen molar-refractivity contribution in [1.82, 2.24) is 9.97 Å².